The third-order valence-corrected chi connectivity index (χ3v) is 8.30. The van der Waals surface area contributed by atoms with Crippen molar-refractivity contribution in [2.45, 2.75) is 75.0 Å². The van der Waals surface area contributed by atoms with Gasteiger partial charge in [0.1, 0.15) is 6.04 Å². The summed E-state index contributed by atoms with van der Waals surface area (Å²) >= 11 is 1.66. The van der Waals surface area contributed by atoms with Crippen molar-refractivity contribution < 1.29 is 19.5 Å². The molecule has 0 aromatic carbocycles. The van der Waals surface area contributed by atoms with Crippen LogP contribution in [0.4, 0.5) is 0 Å². The Balaban J connectivity index is 1.89. The number of thioether (sulfide) groups is 1. The van der Waals surface area contributed by atoms with Crippen LogP contribution in [0.15, 0.2) is 0 Å². The van der Waals surface area contributed by atoms with Crippen LogP contribution in [-0.4, -0.2) is 69.5 Å². The molecule has 6 atom stereocenters. The van der Waals surface area contributed by atoms with Crippen LogP contribution in [0, 0.1) is 11.8 Å². The highest BCUT2D eigenvalue weighted by atomic mass is 32.2. The van der Waals surface area contributed by atoms with E-state index >= 15 is 0 Å². The summed E-state index contributed by atoms with van der Waals surface area (Å²) in [7, 11) is 0. The van der Waals surface area contributed by atoms with Gasteiger partial charge in [0.15, 0.2) is 0 Å². The maximum atomic E-state index is 13.3. The number of hydrogen-bond acceptors (Lipinski definition) is 5. The first-order chi connectivity index (χ1) is 13.4. The highest BCUT2D eigenvalue weighted by molar-refractivity contribution is 8.02. The minimum atomic E-state index is -0.615. The molecule has 2 bridgehead atoms. The first kappa shape index (κ1) is 21.4. The van der Waals surface area contributed by atoms with Gasteiger partial charge >= 0.3 is 0 Å². The lowest BCUT2D eigenvalue weighted by Crippen LogP contribution is -2.55. The zero-order valence-corrected chi connectivity index (χ0v) is 17.9. The summed E-state index contributed by atoms with van der Waals surface area (Å²) in [6.07, 6.45) is 4.30. The molecule has 3 aliphatic rings. The molecule has 3 aliphatic heterocycles. The average molecular weight is 412 g/mol. The van der Waals surface area contributed by atoms with E-state index in [1.54, 1.807) is 11.8 Å². The number of amides is 3. The second-order valence-electron chi connectivity index (χ2n) is 8.30. The maximum Gasteiger partial charge on any atom is 0.244 e. The number of aliphatic hydroxyl groups excluding tert-OH is 1. The van der Waals surface area contributed by atoms with Gasteiger partial charge in [0.25, 0.3) is 0 Å². The van der Waals surface area contributed by atoms with E-state index in [0.717, 1.165) is 32.1 Å². The summed E-state index contributed by atoms with van der Waals surface area (Å²) in [5.41, 5.74) is 0. The van der Waals surface area contributed by atoms with Crippen LogP contribution in [0.25, 0.3) is 0 Å². The molecule has 3 amide bonds. The van der Waals surface area contributed by atoms with Crippen molar-refractivity contribution in [2.24, 2.45) is 11.8 Å². The van der Waals surface area contributed by atoms with Gasteiger partial charge in [0, 0.05) is 24.4 Å². The van der Waals surface area contributed by atoms with Crippen LogP contribution in [0.2, 0.25) is 0 Å². The van der Waals surface area contributed by atoms with Crippen molar-refractivity contribution >= 4 is 29.5 Å². The largest absolute Gasteiger partial charge is 0.395 e. The zero-order valence-electron chi connectivity index (χ0n) is 17.1. The number of carbonyl (C=O) groups is 3. The molecule has 1 spiro atoms. The van der Waals surface area contributed by atoms with Gasteiger partial charge in [0.05, 0.1) is 23.2 Å². The summed E-state index contributed by atoms with van der Waals surface area (Å²) in [5.74, 6) is -1.22. The highest BCUT2D eigenvalue weighted by Gasteiger charge is 2.73. The monoisotopic (exact) mass is 411 g/mol. The number of aliphatic hydroxyl groups is 1. The fraction of sp³-hybridized carbons (Fsp3) is 0.850. The molecule has 0 saturated carbocycles. The third kappa shape index (κ3) is 3.43. The van der Waals surface area contributed by atoms with Gasteiger partial charge in [-0.25, -0.2) is 0 Å². The van der Waals surface area contributed by atoms with Crippen molar-refractivity contribution in [3.63, 3.8) is 0 Å². The van der Waals surface area contributed by atoms with Gasteiger partial charge in [-0.1, -0.05) is 20.3 Å². The molecule has 0 radical (unpaired) electrons. The minimum absolute atomic E-state index is 0.0336. The van der Waals surface area contributed by atoms with Crippen molar-refractivity contribution in [2.75, 3.05) is 19.7 Å². The number of hydrogen-bond donors (Lipinski definition) is 3. The van der Waals surface area contributed by atoms with Gasteiger partial charge in [-0.2, -0.15) is 0 Å². The van der Waals surface area contributed by atoms with Crippen LogP contribution in [-0.2, 0) is 14.4 Å². The summed E-state index contributed by atoms with van der Waals surface area (Å²) in [5, 5.41) is 15.6. The van der Waals surface area contributed by atoms with Crippen LogP contribution in [0.5, 0.6) is 0 Å². The number of β-amino-alcohol motifs (C(OH)–C–C–N with tert-alkyl or cyclic N) is 1. The van der Waals surface area contributed by atoms with Crippen molar-refractivity contribution in [3.05, 3.63) is 0 Å². The fourth-order valence-corrected chi connectivity index (χ4v) is 7.51. The molecule has 3 rings (SSSR count). The normalized spacial score (nSPS) is 34.4. The standard InChI is InChI=1S/C20H33N3O4S/c1-4-6-12(3)22-18(26)16-20-8-7-13(28-20)14(17(25)21-9-5-2)15(20)19(27)23(16)10-11-24/h12-16,24H,4-11H2,1-3H3,(H,21,25)(H,22,26)/t12?,13-,14+,15-,16?,20?/m0/s1. The Morgan fingerprint density at radius 2 is 2.07 bits per heavy atom. The Labute approximate surface area is 171 Å². The number of likely N-dealkylation sites (tertiary alicyclic amines) is 1. The molecular formula is C20H33N3O4S. The van der Waals surface area contributed by atoms with Gasteiger partial charge in [0.2, 0.25) is 17.7 Å². The first-order valence-electron chi connectivity index (χ1n) is 10.6. The molecule has 158 valence electrons. The fourth-order valence-electron chi connectivity index (χ4n) is 5.30. The van der Waals surface area contributed by atoms with Crippen LogP contribution in [0.1, 0.15) is 52.9 Å². The molecule has 3 unspecified atom stereocenters. The molecular weight excluding hydrogens is 378 g/mol. The second kappa shape index (κ2) is 8.61. The number of rotatable bonds is 9. The molecule has 0 aliphatic carbocycles. The smallest absolute Gasteiger partial charge is 0.244 e. The molecule has 3 saturated heterocycles. The van der Waals surface area contributed by atoms with Crippen molar-refractivity contribution in [1.29, 1.82) is 0 Å². The number of nitrogens with zero attached hydrogens (tertiary/aromatic N) is 1. The Morgan fingerprint density at radius 3 is 2.71 bits per heavy atom. The predicted molar refractivity (Wildman–Crippen MR) is 109 cm³/mol. The number of fused-ring (bicyclic) bond motifs is 1. The summed E-state index contributed by atoms with van der Waals surface area (Å²) in [6.45, 7) is 6.58. The van der Waals surface area contributed by atoms with E-state index in [1.807, 2.05) is 13.8 Å². The summed E-state index contributed by atoms with van der Waals surface area (Å²) in [6, 6.07) is -0.582. The molecule has 0 aromatic heterocycles. The van der Waals surface area contributed by atoms with E-state index in [0.29, 0.717) is 6.54 Å². The third-order valence-electron chi connectivity index (χ3n) is 6.35. The molecule has 7 nitrogen and oxygen atoms in total. The first-order valence-corrected chi connectivity index (χ1v) is 11.5. The Morgan fingerprint density at radius 1 is 1.32 bits per heavy atom. The lowest BCUT2D eigenvalue weighted by molar-refractivity contribution is -0.140. The van der Waals surface area contributed by atoms with Gasteiger partial charge in [-0.3, -0.25) is 14.4 Å². The van der Waals surface area contributed by atoms with Crippen LogP contribution >= 0.6 is 11.8 Å². The van der Waals surface area contributed by atoms with E-state index in [1.165, 1.54) is 4.90 Å². The molecule has 3 fully saturated rings. The molecule has 3 N–H and O–H groups in total. The summed E-state index contributed by atoms with van der Waals surface area (Å²) in [4.78, 5) is 40.9. The van der Waals surface area contributed by atoms with Crippen LogP contribution < -0.4 is 10.6 Å². The second-order valence-corrected chi connectivity index (χ2v) is 9.90. The van der Waals surface area contributed by atoms with Gasteiger partial charge in [-0.15, -0.1) is 11.8 Å². The van der Waals surface area contributed by atoms with E-state index in [9.17, 15) is 19.5 Å². The van der Waals surface area contributed by atoms with E-state index < -0.39 is 16.7 Å². The van der Waals surface area contributed by atoms with Gasteiger partial charge in [-0.05, 0) is 32.6 Å². The lowest BCUT2D eigenvalue weighted by atomic mass is 9.70. The van der Waals surface area contributed by atoms with Gasteiger partial charge < -0.3 is 20.6 Å². The molecule has 28 heavy (non-hydrogen) atoms. The van der Waals surface area contributed by atoms with Crippen LogP contribution in [0.3, 0.4) is 0 Å². The summed E-state index contributed by atoms with van der Waals surface area (Å²) < 4.78 is -0.554. The van der Waals surface area contributed by atoms with Crippen molar-refractivity contribution in [3.8, 4) is 0 Å². The SMILES string of the molecule is CCCNC(=O)[C@@H]1[C@@H]2CCC3(S2)C(C(=O)NC(C)CCC)N(CCO)C(=O)[C@H]13. The molecule has 3 heterocycles. The minimum Gasteiger partial charge on any atom is -0.395 e. The Hall–Kier alpha value is -1.28. The number of nitrogens with one attached hydrogen (secondary N) is 2. The Kier molecular flexibility index (Phi) is 6.59. The topological polar surface area (TPSA) is 98.7 Å². The number of carbonyl (C=O) groups excluding carboxylic acids is 3. The lowest BCUT2D eigenvalue weighted by Gasteiger charge is -2.34. The van der Waals surface area contributed by atoms with E-state index in [2.05, 4.69) is 17.6 Å². The van der Waals surface area contributed by atoms with E-state index in [4.69, 9.17) is 0 Å². The molecule has 0 aromatic rings. The maximum absolute atomic E-state index is 13.3. The average Bonchev–Trinajstić information content (AvgIpc) is 3.28. The molecule has 8 heteroatoms. The zero-order chi connectivity index (χ0) is 20.5. The van der Waals surface area contributed by atoms with E-state index in [-0.39, 0.29) is 48.1 Å². The highest BCUT2D eigenvalue weighted by Crippen LogP contribution is 2.66. The Bertz CT molecular complexity index is 631. The van der Waals surface area contributed by atoms with Crippen molar-refractivity contribution in [1.82, 2.24) is 15.5 Å². The quantitative estimate of drug-likeness (QED) is 0.524. The predicted octanol–water partition coefficient (Wildman–Crippen LogP) is 0.901.